The van der Waals surface area contributed by atoms with Crippen molar-refractivity contribution >= 4 is 27.3 Å². The van der Waals surface area contributed by atoms with E-state index >= 15 is 0 Å². The van der Waals surface area contributed by atoms with E-state index in [0.29, 0.717) is 12.1 Å². The maximum atomic E-state index is 5.67. The van der Waals surface area contributed by atoms with Gasteiger partial charge in [0.25, 0.3) is 0 Å². The number of nitrogens with one attached hydrogen (secondary N) is 1. The monoisotopic (exact) mass is 315 g/mol. The molecule has 3 rings (SSSR count). The number of hydrogen-bond donors (Lipinski definition) is 1. The Bertz CT molecular complexity index is 387. The van der Waals surface area contributed by atoms with Crippen LogP contribution in [0.1, 0.15) is 42.2 Å². The van der Waals surface area contributed by atoms with Gasteiger partial charge in [-0.05, 0) is 59.7 Å². The minimum absolute atomic E-state index is 0.447. The van der Waals surface area contributed by atoms with Gasteiger partial charge in [0.05, 0.1) is 9.89 Å². The molecule has 2 unspecified atom stereocenters. The first-order valence-corrected chi connectivity index (χ1v) is 8.07. The average molecular weight is 316 g/mol. The van der Waals surface area contributed by atoms with Gasteiger partial charge in [-0.2, -0.15) is 0 Å². The topological polar surface area (TPSA) is 21.3 Å². The Hall–Kier alpha value is 0.1000. The predicted molar refractivity (Wildman–Crippen MR) is 74.7 cm³/mol. The Morgan fingerprint density at radius 1 is 1.41 bits per heavy atom. The molecule has 0 saturated carbocycles. The Kier molecular flexibility index (Phi) is 3.85. The van der Waals surface area contributed by atoms with E-state index in [9.17, 15) is 0 Å². The van der Waals surface area contributed by atoms with Crippen molar-refractivity contribution in [1.29, 1.82) is 0 Å². The Labute approximate surface area is 115 Å². The molecule has 0 bridgehead atoms. The highest BCUT2D eigenvalue weighted by molar-refractivity contribution is 9.11. The van der Waals surface area contributed by atoms with E-state index in [1.165, 1.54) is 41.5 Å². The van der Waals surface area contributed by atoms with E-state index in [4.69, 9.17) is 4.74 Å². The summed E-state index contributed by atoms with van der Waals surface area (Å²) in [5, 5.41) is 3.69. The third kappa shape index (κ3) is 2.75. The molecule has 1 saturated heterocycles. The summed E-state index contributed by atoms with van der Waals surface area (Å²) in [5.41, 5.74) is 1.52. The van der Waals surface area contributed by atoms with Gasteiger partial charge in [-0.3, -0.25) is 0 Å². The minimum atomic E-state index is 0.447. The van der Waals surface area contributed by atoms with Crippen LogP contribution in [0.15, 0.2) is 9.85 Å². The quantitative estimate of drug-likeness (QED) is 0.919. The van der Waals surface area contributed by atoms with Crippen molar-refractivity contribution in [1.82, 2.24) is 5.32 Å². The first kappa shape index (κ1) is 12.2. The second kappa shape index (κ2) is 5.39. The van der Waals surface area contributed by atoms with Gasteiger partial charge < -0.3 is 10.1 Å². The van der Waals surface area contributed by atoms with Crippen molar-refractivity contribution in [2.75, 3.05) is 13.2 Å². The molecule has 0 aromatic carbocycles. The van der Waals surface area contributed by atoms with Crippen LogP contribution < -0.4 is 5.32 Å². The largest absolute Gasteiger partial charge is 0.377 e. The van der Waals surface area contributed by atoms with Gasteiger partial charge in [-0.15, -0.1) is 11.3 Å². The third-order valence-corrected chi connectivity index (χ3v) is 5.41. The van der Waals surface area contributed by atoms with Crippen molar-refractivity contribution in [3.63, 3.8) is 0 Å². The lowest BCUT2D eigenvalue weighted by atomic mass is 9.94. The molecule has 2 aliphatic rings. The zero-order chi connectivity index (χ0) is 11.7. The normalized spacial score (nSPS) is 28.3. The number of hydrogen-bond acceptors (Lipinski definition) is 3. The van der Waals surface area contributed by atoms with Gasteiger partial charge in [0, 0.05) is 24.1 Å². The second-order valence-electron chi connectivity index (χ2n) is 4.92. The molecule has 1 aliphatic carbocycles. The molecular formula is C13H18BrNOS. The smallest absolute Gasteiger partial charge is 0.0704 e. The summed E-state index contributed by atoms with van der Waals surface area (Å²) < 4.78 is 6.94. The number of aryl methyl sites for hydroxylation is 1. The molecule has 0 amide bonds. The van der Waals surface area contributed by atoms with Crippen molar-refractivity contribution in [3.05, 3.63) is 20.3 Å². The summed E-state index contributed by atoms with van der Waals surface area (Å²) >= 11 is 5.50. The number of fused-ring (bicyclic) bond motifs is 1. The lowest BCUT2D eigenvalue weighted by Crippen LogP contribution is -2.31. The molecule has 94 valence electrons. The first-order chi connectivity index (χ1) is 8.33. The molecule has 2 heterocycles. The summed E-state index contributed by atoms with van der Waals surface area (Å²) in [7, 11) is 0. The van der Waals surface area contributed by atoms with Crippen LogP contribution in [-0.4, -0.2) is 19.3 Å². The number of ether oxygens (including phenoxy) is 1. The Morgan fingerprint density at radius 2 is 2.35 bits per heavy atom. The molecule has 1 fully saturated rings. The number of thiophene rings is 1. The number of halogens is 1. The van der Waals surface area contributed by atoms with E-state index in [1.54, 1.807) is 4.88 Å². The summed E-state index contributed by atoms with van der Waals surface area (Å²) in [6, 6.07) is 2.84. The van der Waals surface area contributed by atoms with Crippen molar-refractivity contribution < 1.29 is 4.74 Å². The summed E-state index contributed by atoms with van der Waals surface area (Å²) in [4.78, 5) is 1.56. The first-order valence-electron chi connectivity index (χ1n) is 6.46. The van der Waals surface area contributed by atoms with E-state index in [0.717, 1.165) is 13.2 Å². The molecule has 1 aromatic heterocycles. The second-order valence-corrected chi connectivity index (χ2v) is 7.43. The maximum absolute atomic E-state index is 5.67. The van der Waals surface area contributed by atoms with Crippen LogP contribution in [0.2, 0.25) is 0 Å². The zero-order valence-electron chi connectivity index (χ0n) is 9.88. The van der Waals surface area contributed by atoms with Crippen LogP contribution in [-0.2, 0) is 11.2 Å². The molecule has 2 nitrogen and oxygen atoms in total. The maximum Gasteiger partial charge on any atom is 0.0704 e. The zero-order valence-corrected chi connectivity index (χ0v) is 12.3. The molecule has 1 aliphatic heterocycles. The molecule has 17 heavy (non-hydrogen) atoms. The summed E-state index contributed by atoms with van der Waals surface area (Å²) in [5.74, 6) is 0. The fourth-order valence-corrected chi connectivity index (χ4v) is 4.63. The molecule has 1 aromatic rings. The standard InChI is InChI=1S/C13H18BrNOS/c14-13-7-10-11(4-1-5-12(10)17-13)15-8-9-3-2-6-16-9/h7,9,11,15H,1-6,8H2. The van der Waals surface area contributed by atoms with E-state index in [1.807, 2.05) is 11.3 Å². The average Bonchev–Trinajstić information content (AvgIpc) is 2.93. The Balaban J connectivity index is 1.63. The lowest BCUT2D eigenvalue weighted by molar-refractivity contribution is 0.107. The van der Waals surface area contributed by atoms with Crippen LogP contribution in [0.5, 0.6) is 0 Å². The van der Waals surface area contributed by atoms with Crippen molar-refractivity contribution in [2.45, 2.75) is 44.2 Å². The van der Waals surface area contributed by atoms with E-state index in [2.05, 4.69) is 27.3 Å². The predicted octanol–water partition coefficient (Wildman–Crippen LogP) is 3.66. The third-order valence-electron chi connectivity index (χ3n) is 3.70. The van der Waals surface area contributed by atoms with Crippen LogP contribution in [0, 0.1) is 0 Å². The van der Waals surface area contributed by atoms with Crippen molar-refractivity contribution in [3.8, 4) is 0 Å². The van der Waals surface area contributed by atoms with Crippen molar-refractivity contribution in [2.24, 2.45) is 0 Å². The molecule has 0 radical (unpaired) electrons. The van der Waals surface area contributed by atoms with Crippen LogP contribution in [0.4, 0.5) is 0 Å². The lowest BCUT2D eigenvalue weighted by Gasteiger charge is -2.25. The Morgan fingerprint density at radius 3 is 3.18 bits per heavy atom. The highest BCUT2D eigenvalue weighted by Gasteiger charge is 2.24. The van der Waals surface area contributed by atoms with E-state index in [-0.39, 0.29) is 0 Å². The summed E-state index contributed by atoms with van der Waals surface area (Å²) in [6.45, 7) is 1.96. The van der Waals surface area contributed by atoms with Gasteiger partial charge in [-0.25, -0.2) is 0 Å². The van der Waals surface area contributed by atoms with Gasteiger partial charge in [0.15, 0.2) is 0 Å². The summed E-state index contributed by atoms with van der Waals surface area (Å²) in [6.07, 6.45) is 6.73. The number of rotatable bonds is 3. The van der Waals surface area contributed by atoms with Crippen LogP contribution in [0.25, 0.3) is 0 Å². The molecular weight excluding hydrogens is 298 g/mol. The molecule has 4 heteroatoms. The molecule has 2 atom stereocenters. The van der Waals surface area contributed by atoms with E-state index < -0.39 is 0 Å². The van der Waals surface area contributed by atoms with Crippen LogP contribution >= 0.6 is 27.3 Å². The fraction of sp³-hybridized carbons (Fsp3) is 0.692. The highest BCUT2D eigenvalue weighted by atomic mass is 79.9. The molecule has 1 N–H and O–H groups in total. The van der Waals surface area contributed by atoms with Gasteiger partial charge in [0.1, 0.15) is 0 Å². The molecule has 0 spiro atoms. The SMILES string of the molecule is Brc1cc2c(s1)CCCC2NCC1CCCO1. The van der Waals surface area contributed by atoms with Crippen LogP contribution in [0.3, 0.4) is 0 Å². The fourth-order valence-electron chi connectivity index (χ4n) is 2.81. The van der Waals surface area contributed by atoms with Gasteiger partial charge >= 0.3 is 0 Å². The van der Waals surface area contributed by atoms with Gasteiger partial charge in [-0.1, -0.05) is 0 Å². The highest BCUT2D eigenvalue weighted by Crippen LogP contribution is 2.37. The minimum Gasteiger partial charge on any atom is -0.377 e. The van der Waals surface area contributed by atoms with Gasteiger partial charge in [0.2, 0.25) is 0 Å².